The number of anilines is 3. The second-order valence-corrected chi connectivity index (χ2v) is 15.7. The zero-order chi connectivity index (χ0) is 40.3. The van der Waals surface area contributed by atoms with Crippen LogP contribution in [0.2, 0.25) is 0 Å². The molecule has 12 rings (SSSR count). The molecule has 0 amide bonds. The van der Waals surface area contributed by atoms with Gasteiger partial charge in [-0.2, -0.15) is 0 Å². The number of rotatable bonds is 7. The Bertz CT molecular complexity index is 3540. The highest BCUT2D eigenvalue weighted by Crippen LogP contribution is 2.45. The summed E-state index contributed by atoms with van der Waals surface area (Å²) >= 11 is 0. The lowest BCUT2D eigenvalue weighted by molar-refractivity contribution is 0.669. The van der Waals surface area contributed by atoms with Gasteiger partial charge in [0.05, 0.1) is 16.7 Å². The monoisotopic (exact) mass is 778 g/mol. The van der Waals surface area contributed by atoms with Crippen LogP contribution >= 0.6 is 0 Å². The summed E-state index contributed by atoms with van der Waals surface area (Å²) in [6.45, 7) is 0. The minimum absolute atomic E-state index is 0.871. The van der Waals surface area contributed by atoms with E-state index in [1.807, 2.05) is 12.1 Å². The van der Waals surface area contributed by atoms with Crippen molar-refractivity contribution in [2.24, 2.45) is 0 Å². The Morgan fingerprint density at radius 3 is 1.74 bits per heavy atom. The van der Waals surface area contributed by atoms with Crippen LogP contribution in [0.25, 0.3) is 93.6 Å². The largest absolute Gasteiger partial charge is 0.456 e. The smallest absolute Gasteiger partial charge is 0.135 e. The summed E-state index contributed by atoms with van der Waals surface area (Å²) < 4.78 is 8.72. The molecule has 12 aromatic rings. The summed E-state index contributed by atoms with van der Waals surface area (Å²) in [6.07, 6.45) is 0. The van der Waals surface area contributed by atoms with E-state index in [9.17, 15) is 0 Å². The van der Waals surface area contributed by atoms with Crippen LogP contribution in [0.4, 0.5) is 17.1 Å². The van der Waals surface area contributed by atoms with E-state index in [4.69, 9.17) is 4.42 Å². The van der Waals surface area contributed by atoms with E-state index < -0.39 is 0 Å². The molecule has 0 atom stereocenters. The van der Waals surface area contributed by atoms with Gasteiger partial charge in [0.15, 0.2) is 0 Å². The van der Waals surface area contributed by atoms with Gasteiger partial charge in [-0.15, -0.1) is 0 Å². The molecular weight excluding hydrogens is 741 g/mol. The van der Waals surface area contributed by atoms with Crippen molar-refractivity contribution in [3.05, 3.63) is 231 Å². The van der Waals surface area contributed by atoms with Crippen LogP contribution in [0.15, 0.2) is 235 Å². The fourth-order valence-corrected chi connectivity index (χ4v) is 9.33. The molecule has 3 heteroatoms. The van der Waals surface area contributed by atoms with Crippen molar-refractivity contribution in [1.29, 1.82) is 0 Å². The summed E-state index contributed by atoms with van der Waals surface area (Å²) in [5.74, 6) is 0. The number of hydrogen-bond acceptors (Lipinski definition) is 2. The number of furan rings is 1. The molecule has 2 heterocycles. The van der Waals surface area contributed by atoms with Crippen LogP contribution in [0.3, 0.4) is 0 Å². The number of nitrogens with zero attached hydrogens (tertiary/aromatic N) is 2. The van der Waals surface area contributed by atoms with Gasteiger partial charge < -0.3 is 13.9 Å². The predicted octanol–water partition coefficient (Wildman–Crippen LogP) is 16.3. The molecule has 0 aliphatic carbocycles. The topological polar surface area (TPSA) is 21.3 Å². The molecule has 0 radical (unpaired) electrons. The third-order valence-corrected chi connectivity index (χ3v) is 12.2. The van der Waals surface area contributed by atoms with Crippen molar-refractivity contribution in [3.63, 3.8) is 0 Å². The molecule has 0 aliphatic heterocycles. The number of benzene rings is 10. The first-order valence-corrected chi connectivity index (χ1v) is 20.8. The molecule has 61 heavy (non-hydrogen) atoms. The van der Waals surface area contributed by atoms with Crippen LogP contribution < -0.4 is 4.90 Å². The molecule has 0 aliphatic rings. The van der Waals surface area contributed by atoms with Crippen LogP contribution in [0.5, 0.6) is 0 Å². The van der Waals surface area contributed by atoms with Gasteiger partial charge in [0, 0.05) is 44.2 Å². The molecule has 286 valence electrons. The number of para-hydroxylation sites is 3. The summed E-state index contributed by atoms with van der Waals surface area (Å²) in [5, 5.41) is 7.16. The Morgan fingerprint density at radius 2 is 0.934 bits per heavy atom. The number of aromatic nitrogens is 1. The number of fused-ring (bicyclic) bond motifs is 7. The third-order valence-electron chi connectivity index (χ3n) is 12.2. The molecule has 0 spiro atoms. The molecule has 10 aromatic carbocycles. The van der Waals surface area contributed by atoms with Gasteiger partial charge in [0.1, 0.15) is 11.2 Å². The summed E-state index contributed by atoms with van der Waals surface area (Å²) in [5.41, 5.74) is 15.5. The lowest BCUT2D eigenvalue weighted by Gasteiger charge is -2.29. The molecular formula is C58H38N2O. The van der Waals surface area contributed by atoms with Crippen molar-refractivity contribution in [3.8, 4) is 39.1 Å². The Hall–Kier alpha value is -8.14. The average molecular weight is 779 g/mol. The van der Waals surface area contributed by atoms with E-state index >= 15 is 0 Å². The Balaban J connectivity index is 1.04. The summed E-state index contributed by atoms with van der Waals surface area (Å²) in [4.78, 5) is 2.41. The number of hydrogen-bond donors (Lipinski definition) is 0. The molecule has 3 nitrogen and oxygen atoms in total. The molecule has 0 saturated carbocycles. The zero-order valence-electron chi connectivity index (χ0n) is 33.2. The van der Waals surface area contributed by atoms with Crippen molar-refractivity contribution < 1.29 is 4.42 Å². The molecule has 0 bridgehead atoms. The second kappa shape index (κ2) is 14.3. The highest BCUT2D eigenvalue weighted by Gasteiger charge is 2.21. The quantitative estimate of drug-likeness (QED) is 0.161. The Labute approximate surface area is 353 Å². The van der Waals surface area contributed by atoms with Crippen molar-refractivity contribution in [2.45, 2.75) is 0 Å². The first kappa shape index (κ1) is 34.9. The van der Waals surface area contributed by atoms with Gasteiger partial charge in [-0.3, -0.25) is 0 Å². The van der Waals surface area contributed by atoms with Gasteiger partial charge in [0.2, 0.25) is 0 Å². The second-order valence-electron chi connectivity index (χ2n) is 15.7. The third kappa shape index (κ3) is 5.90. The van der Waals surface area contributed by atoms with E-state index in [0.717, 1.165) is 72.5 Å². The molecule has 0 saturated heterocycles. The lowest BCUT2D eigenvalue weighted by Crippen LogP contribution is -2.11. The Kier molecular flexibility index (Phi) is 8.17. The maximum absolute atomic E-state index is 6.34. The molecule has 2 aromatic heterocycles. The van der Waals surface area contributed by atoms with Gasteiger partial charge in [-0.25, -0.2) is 0 Å². The van der Waals surface area contributed by atoms with Crippen molar-refractivity contribution >= 4 is 71.6 Å². The minimum Gasteiger partial charge on any atom is -0.456 e. The maximum Gasteiger partial charge on any atom is 0.135 e. The minimum atomic E-state index is 0.871. The van der Waals surface area contributed by atoms with E-state index in [2.05, 4.69) is 228 Å². The maximum atomic E-state index is 6.34. The Morgan fingerprint density at radius 1 is 0.328 bits per heavy atom. The van der Waals surface area contributed by atoms with Gasteiger partial charge in [-0.1, -0.05) is 164 Å². The van der Waals surface area contributed by atoms with E-state index in [1.165, 1.54) is 38.1 Å². The van der Waals surface area contributed by atoms with Crippen LogP contribution in [-0.4, -0.2) is 4.57 Å². The van der Waals surface area contributed by atoms with Crippen LogP contribution in [-0.2, 0) is 0 Å². The van der Waals surface area contributed by atoms with E-state index in [0.29, 0.717) is 0 Å². The van der Waals surface area contributed by atoms with E-state index in [-0.39, 0.29) is 0 Å². The van der Waals surface area contributed by atoms with Gasteiger partial charge >= 0.3 is 0 Å². The van der Waals surface area contributed by atoms with Crippen LogP contribution in [0, 0.1) is 0 Å². The highest BCUT2D eigenvalue weighted by molar-refractivity contribution is 6.10. The van der Waals surface area contributed by atoms with Crippen LogP contribution in [0.1, 0.15) is 0 Å². The zero-order valence-corrected chi connectivity index (χ0v) is 33.2. The fraction of sp³-hybridized carbons (Fsp3) is 0. The average Bonchev–Trinajstić information content (AvgIpc) is 3.88. The van der Waals surface area contributed by atoms with Gasteiger partial charge in [-0.05, 0) is 105 Å². The normalized spacial score (nSPS) is 11.6. The van der Waals surface area contributed by atoms with Crippen molar-refractivity contribution in [2.75, 3.05) is 4.90 Å². The van der Waals surface area contributed by atoms with Crippen molar-refractivity contribution in [1.82, 2.24) is 4.57 Å². The first-order chi connectivity index (χ1) is 30.2. The summed E-state index contributed by atoms with van der Waals surface area (Å²) in [6, 6.07) is 83.1. The fourth-order valence-electron chi connectivity index (χ4n) is 9.33. The molecule has 0 fully saturated rings. The van der Waals surface area contributed by atoms with Gasteiger partial charge in [0.25, 0.3) is 0 Å². The first-order valence-electron chi connectivity index (χ1n) is 20.8. The lowest BCUT2D eigenvalue weighted by atomic mass is 9.94. The molecule has 0 unspecified atom stereocenters. The highest BCUT2D eigenvalue weighted by atomic mass is 16.3. The standard InChI is InChI=1S/C58H38N2O/c1-2-14-41(15-3-1)49-34-30-43(48-24-13-17-40-16-4-5-20-47(40)48)37-56(49)59(46-33-35-58-53(38-46)52-23-8-11-27-57(52)61-58)44-31-28-39(29-32-44)42-18-12-19-45(36-42)60-54-25-9-6-21-50(54)51-22-7-10-26-55(51)60/h1-38H. The summed E-state index contributed by atoms with van der Waals surface area (Å²) in [7, 11) is 0. The SMILES string of the molecule is c1ccc(-c2ccc(-c3cccc4ccccc34)cc2N(c2ccc(-c3cccc(-n4c5ccccc5c5ccccc54)c3)cc2)c2ccc3oc4ccccc4c3c2)cc1. The molecule has 0 N–H and O–H groups in total. The van der Waals surface area contributed by atoms with E-state index in [1.54, 1.807) is 0 Å². The predicted molar refractivity (Wildman–Crippen MR) is 257 cm³/mol.